The number of aliphatic hydroxyl groups is 3. The molecule has 4 atom stereocenters. The highest BCUT2D eigenvalue weighted by Crippen LogP contribution is 2.19. The lowest BCUT2D eigenvalue weighted by Gasteiger charge is -2.22. The third-order valence-electron chi connectivity index (χ3n) is 2.00. The number of rotatable bonds is 3. The quantitative estimate of drug-likeness (QED) is 0.408. The molecule has 0 aliphatic carbocycles. The summed E-state index contributed by atoms with van der Waals surface area (Å²) in [4.78, 5) is 10.4. The molecule has 1 amide bonds. The highest BCUT2D eigenvalue weighted by molar-refractivity contribution is 5.64. The van der Waals surface area contributed by atoms with E-state index in [1.165, 1.54) is 0 Å². The summed E-state index contributed by atoms with van der Waals surface area (Å²) < 4.78 is 9.43. The summed E-state index contributed by atoms with van der Waals surface area (Å²) in [5.74, 6) is 0. The predicted octanol–water partition coefficient (Wildman–Crippen LogP) is -2.44. The van der Waals surface area contributed by atoms with E-state index >= 15 is 0 Å². The predicted molar refractivity (Wildman–Crippen MR) is 43.3 cm³/mol. The minimum absolute atomic E-state index is 0.0650. The van der Waals surface area contributed by atoms with Gasteiger partial charge >= 0.3 is 6.09 Å². The van der Waals surface area contributed by atoms with E-state index in [-0.39, 0.29) is 6.61 Å². The molecule has 82 valence electrons. The van der Waals surface area contributed by atoms with Crippen LogP contribution in [0.3, 0.4) is 0 Å². The molecule has 0 spiro atoms. The average Bonchev–Trinajstić information content (AvgIpc) is 2.44. The maximum Gasteiger partial charge on any atom is 0.404 e. The molecule has 0 aromatic rings. The zero-order valence-corrected chi connectivity index (χ0v) is 7.37. The van der Waals surface area contributed by atoms with Crippen LogP contribution in [-0.4, -0.2) is 59.0 Å². The van der Waals surface area contributed by atoms with Crippen molar-refractivity contribution in [2.24, 2.45) is 5.73 Å². The molecule has 0 saturated carbocycles. The molecule has 1 rings (SSSR count). The third-order valence-corrected chi connectivity index (χ3v) is 2.00. The maximum absolute atomic E-state index is 10.4. The Morgan fingerprint density at radius 1 is 1.64 bits per heavy atom. The summed E-state index contributed by atoms with van der Waals surface area (Å²) in [6.45, 7) is -0.595. The first kappa shape index (κ1) is 11.2. The molecule has 1 aliphatic heterocycles. The van der Waals surface area contributed by atoms with Gasteiger partial charge in [-0.2, -0.15) is 0 Å². The number of amides is 1. The van der Waals surface area contributed by atoms with E-state index in [9.17, 15) is 9.90 Å². The van der Waals surface area contributed by atoms with Gasteiger partial charge in [0.2, 0.25) is 0 Å². The number of carbonyl (C=O) groups is 1. The Balaban J connectivity index is 2.56. The summed E-state index contributed by atoms with van der Waals surface area (Å²) in [6.07, 6.45) is -5.29. The van der Waals surface area contributed by atoms with E-state index in [1.807, 2.05) is 0 Å². The normalized spacial score (nSPS) is 34.1. The van der Waals surface area contributed by atoms with Gasteiger partial charge in [0.05, 0.1) is 13.2 Å². The van der Waals surface area contributed by atoms with Crippen LogP contribution in [0.25, 0.3) is 0 Å². The van der Waals surface area contributed by atoms with Crippen LogP contribution < -0.4 is 5.73 Å². The molecule has 0 bridgehead atoms. The number of hydrogen-bond acceptors (Lipinski definition) is 6. The molecule has 1 aliphatic rings. The lowest BCUT2D eigenvalue weighted by Crippen LogP contribution is -2.43. The Hall–Kier alpha value is -0.890. The Morgan fingerprint density at radius 2 is 2.29 bits per heavy atom. The molecule has 14 heavy (non-hydrogen) atoms. The van der Waals surface area contributed by atoms with Gasteiger partial charge in [-0.3, -0.25) is 0 Å². The van der Waals surface area contributed by atoms with Gasteiger partial charge in [-0.1, -0.05) is 0 Å². The zero-order valence-electron chi connectivity index (χ0n) is 7.37. The van der Waals surface area contributed by atoms with Crippen LogP contribution in [0, 0.1) is 0 Å². The van der Waals surface area contributed by atoms with E-state index < -0.39 is 37.1 Å². The number of carbonyl (C=O) groups excluding carboxylic acids is 1. The van der Waals surface area contributed by atoms with Gasteiger partial charge in [0.15, 0.2) is 6.10 Å². The maximum atomic E-state index is 10.4. The van der Waals surface area contributed by atoms with Crippen LogP contribution in [-0.2, 0) is 9.47 Å². The van der Waals surface area contributed by atoms with E-state index in [1.54, 1.807) is 0 Å². The van der Waals surface area contributed by atoms with Gasteiger partial charge < -0.3 is 30.5 Å². The lowest BCUT2D eigenvalue weighted by atomic mass is 10.1. The van der Waals surface area contributed by atoms with Crippen molar-refractivity contribution >= 4 is 6.09 Å². The van der Waals surface area contributed by atoms with Crippen molar-refractivity contribution in [3.63, 3.8) is 0 Å². The first-order valence-corrected chi connectivity index (χ1v) is 4.11. The molecule has 7 heteroatoms. The van der Waals surface area contributed by atoms with Crippen LogP contribution in [0.2, 0.25) is 0 Å². The minimum Gasteiger partial charge on any atom is -0.441 e. The Bertz CT molecular complexity index is 210. The summed E-state index contributed by atoms with van der Waals surface area (Å²) in [6, 6.07) is 0. The molecule has 0 aromatic carbocycles. The second kappa shape index (κ2) is 4.56. The molecule has 7 nitrogen and oxygen atoms in total. The fraction of sp³-hybridized carbons (Fsp3) is 0.857. The van der Waals surface area contributed by atoms with Crippen molar-refractivity contribution in [3.8, 4) is 0 Å². The van der Waals surface area contributed by atoms with Gasteiger partial charge in [-0.25, -0.2) is 4.79 Å². The average molecular weight is 207 g/mol. The van der Waals surface area contributed by atoms with Crippen molar-refractivity contribution in [1.82, 2.24) is 0 Å². The van der Waals surface area contributed by atoms with Crippen molar-refractivity contribution in [1.29, 1.82) is 0 Å². The van der Waals surface area contributed by atoms with Crippen molar-refractivity contribution in [2.75, 3.05) is 13.2 Å². The number of nitrogens with two attached hydrogens (primary N) is 1. The highest BCUT2D eigenvalue weighted by Gasteiger charge is 2.41. The first-order chi connectivity index (χ1) is 6.56. The van der Waals surface area contributed by atoms with Crippen LogP contribution in [0.5, 0.6) is 0 Å². The van der Waals surface area contributed by atoms with Gasteiger partial charge in [0.1, 0.15) is 18.3 Å². The molecular weight excluding hydrogens is 194 g/mol. The van der Waals surface area contributed by atoms with Crippen LogP contribution in [0.4, 0.5) is 4.79 Å². The molecule has 1 heterocycles. The van der Waals surface area contributed by atoms with Crippen molar-refractivity contribution in [3.05, 3.63) is 0 Å². The van der Waals surface area contributed by atoms with Gasteiger partial charge in [0, 0.05) is 0 Å². The smallest absolute Gasteiger partial charge is 0.404 e. The SMILES string of the molecule is NC(=O)O[C@H](CO)[C@H]1OC[C@H](O)[C@H]1O. The molecule has 0 aromatic heterocycles. The van der Waals surface area contributed by atoms with Crippen LogP contribution in [0.1, 0.15) is 0 Å². The summed E-state index contributed by atoms with van der Waals surface area (Å²) in [5.41, 5.74) is 4.74. The van der Waals surface area contributed by atoms with Crippen LogP contribution in [0.15, 0.2) is 0 Å². The van der Waals surface area contributed by atoms with Crippen LogP contribution >= 0.6 is 0 Å². The largest absolute Gasteiger partial charge is 0.441 e. The van der Waals surface area contributed by atoms with E-state index in [4.69, 9.17) is 20.7 Å². The summed E-state index contributed by atoms with van der Waals surface area (Å²) in [7, 11) is 0. The Labute approximate surface area is 80.0 Å². The number of ether oxygens (including phenoxy) is 2. The lowest BCUT2D eigenvalue weighted by molar-refractivity contribution is -0.0716. The Kier molecular flexibility index (Phi) is 3.64. The topological polar surface area (TPSA) is 122 Å². The fourth-order valence-electron chi connectivity index (χ4n) is 1.31. The standard InChI is InChI=1S/C7H13NO6/c8-7(12)14-4(1-9)6-5(11)3(10)2-13-6/h3-6,9-11H,1-2H2,(H2,8,12)/t3-,4+,5+,6+/m0/s1. The van der Waals surface area contributed by atoms with Gasteiger partial charge in [-0.15, -0.1) is 0 Å². The van der Waals surface area contributed by atoms with E-state index in [0.717, 1.165) is 0 Å². The number of aliphatic hydroxyl groups excluding tert-OH is 3. The monoisotopic (exact) mass is 207 g/mol. The molecule has 0 unspecified atom stereocenters. The third kappa shape index (κ3) is 2.32. The summed E-state index contributed by atoms with van der Waals surface area (Å²) >= 11 is 0. The molecule has 1 fully saturated rings. The minimum atomic E-state index is -1.19. The molecular formula is C7H13NO6. The first-order valence-electron chi connectivity index (χ1n) is 4.11. The highest BCUT2D eigenvalue weighted by atomic mass is 16.6. The molecule has 5 N–H and O–H groups in total. The van der Waals surface area contributed by atoms with Gasteiger partial charge in [0.25, 0.3) is 0 Å². The second-order valence-corrected chi connectivity index (χ2v) is 3.01. The van der Waals surface area contributed by atoms with Gasteiger partial charge in [-0.05, 0) is 0 Å². The van der Waals surface area contributed by atoms with E-state index in [2.05, 4.69) is 4.74 Å². The molecule has 0 radical (unpaired) electrons. The van der Waals surface area contributed by atoms with E-state index in [0.29, 0.717) is 0 Å². The number of primary amides is 1. The zero-order chi connectivity index (χ0) is 10.7. The van der Waals surface area contributed by atoms with Crippen molar-refractivity contribution in [2.45, 2.75) is 24.4 Å². The van der Waals surface area contributed by atoms with Crippen molar-refractivity contribution < 1.29 is 29.6 Å². The number of hydrogen-bond donors (Lipinski definition) is 4. The second-order valence-electron chi connectivity index (χ2n) is 3.01. The fourth-order valence-corrected chi connectivity index (χ4v) is 1.31. The molecule has 1 saturated heterocycles. The summed E-state index contributed by atoms with van der Waals surface area (Å²) in [5, 5.41) is 27.3. The Morgan fingerprint density at radius 3 is 2.64 bits per heavy atom.